The first-order valence-corrected chi connectivity index (χ1v) is 4.60. The van der Waals surface area contributed by atoms with Crippen LogP contribution in [-0.2, 0) is 18.3 Å². The largest absolute Gasteiger partial charge is 0.433 e. The van der Waals surface area contributed by atoms with Crippen molar-refractivity contribution in [3.63, 3.8) is 0 Å². The van der Waals surface area contributed by atoms with Gasteiger partial charge in [-0.2, -0.15) is 18.3 Å². The van der Waals surface area contributed by atoms with Crippen LogP contribution >= 0.6 is 0 Å². The van der Waals surface area contributed by atoms with Gasteiger partial charge in [-0.1, -0.05) is 0 Å². The SMILES string of the molecule is CC(C)(CO)n1ncc(CO)c1C(F)(F)F. The molecule has 1 aromatic heterocycles. The summed E-state index contributed by atoms with van der Waals surface area (Å²) in [6, 6.07) is 0. The molecular weight excluding hydrogens is 225 g/mol. The highest BCUT2D eigenvalue weighted by molar-refractivity contribution is 5.21. The molecule has 0 amide bonds. The lowest BCUT2D eigenvalue weighted by atomic mass is 10.1. The first-order valence-electron chi connectivity index (χ1n) is 4.60. The van der Waals surface area contributed by atoms with Crippen molar-refractivity contribution in [3.8, 4) is 0 Å². The molecule has 2 N–H and O–H groups in total. The molecule has 1 aromatic rings. The van der Waals surface area contributed by atoms with Crippen molar-refractivity contribution in [3.05, 3.63) is 17.5 Å². The number of nitrogens with zero attached hydrogens (tertiary/aromatic N) is 2. The van der Waals surface area contributed by atoms with Crippen molar-refractivity contribution in [2.75, 3.05) is 6.61 Å². The van der Waals surface area contributed by atoms with E-state index in [1.807, 2.05) is 0 Å². The van der Waals surface area contributed by atoms with Crippen LogP contribution in [0.4, 0.5) is 13.2 Å². The molecule has 0 aliphatic rings. The Hall–Kier alpha value is -1.08. The first-order chi connectivity index (χ1) is 7.24. The second-order valence-corrected chi connectivity index (χ2v) is 4.06. The fourth-order valence-electron chi connectivity index (χ4n) is 1.33. The van der Waals surface area contributed by atoms with E-state index in [1.165, 1.54) is 13.8 Å². The van der Waals surface area contributed by atoms with Gasteiger partial charge in [0.1, 0.15) is 5.69 Å². The van der Waals surface area contributed by atoms with Gasteiger partial charge >= 0.3 is 6.18 Å². The summed E-state index contributed by atoms with van der Waals surface area (Å²) >= 11 is 0. The van der Waals surface area contributed by atoms with Crippen molar-refractivity contribution in [2.45, 2.75) is 32.2 Å². The van der Waals surface area contributed by atoms with Crippen LogP contribution in [0.1, 0.15) is 25.1 Å². The summed E-state index contributed by atoms with van der Waals surface area (Å²) in [6.45, 7) is 1.63. The molecule has 92 valence electrons. The summed E-state index contributed by atoms with van der Waals surface area (Å²) in [5, 5.41) is 21.4. The van der Waals surface area contributed by atoms with Gasteiger partial charge in [-0.05, 0) is 13.8 Å². The van der Waals surface area contributed by atoms with E-state index in [2.05, 4.69) is 5.10 Å². The molecule has 0 saturated carbocycles. The van der Waals surface area contributed by atoms with Gasteiger partial charge in [0.05, 0.1) is 24.9 Å². The van der Waals surface area contributed by atoms with E-state index in [4.69, 9.17) is 10.2 Å². The highest BCUT2D eigenvalue weighted by Crippen LogP contribution is 2.34. The summed E-state index contributed by atoms with van der Waals surface area (Å²) < 4.78 is 38.9. The molecule has 7 heteroatoms. The molecule has 0 unspecified atom stereocenters. The summed E-state index contributed by atoms with van der Waals surface area (Å²) in [5.74, 6) is 0. The number of aliphatic hydroxyl groups is 2. The second kappa shape index (κ2) is 4.06. The van der Waals surface area contributed by atoms with Gasteiger partial charge in [0.15, 0.2) is 0 Å². The van der Waals surface area contributed by atoms with Gasteiger partial charge < -0.3 is 10.2 Å². The minimum atomic E-state index is -4.61. The molecule has 0 radical (unpaired) electrons. The Morgan fingerprint density at radius 2 is 1.88 bits per heavy atom. The highest BCUT2D eigenvalue weighted by Gasteiger charge is 2.41. The fraction of sp³-hybridized carbons (Fsp3) is 0.667. The Bertz CT molecular complexity index is 371. The molecule has 0 fully saturated rings. The number of alkyl halides is 3. The zero-order valence-electron chi connectivity index (χ0n) is 8.91. The summed E-state index contributed by atoms with van der Waals surface area (Å²) in [5.41, 5.74) is -2.48. The zero-order chi connectivity index (χ0) is 12.6. The Balaban J connectivity index is 3.37. The highest BCUT2D eigenvalue weighted by atomic mass is 19.4. The Kier molecular flexibility index (Phi) is 3.30. The number of hydrogen-bond donors (Lipinski definition) is 2. The van der Waals surface area contributed by atoms with E-state index in [9.17, 15) is 13.2 Å². The Labute approximate surface area is 90.3 Å². The van der Waals surface area contributed by atoms with Crippen LogP contribution in [0.2, 0.25) is 0 Å². The maximum absolute atomic E-state index is 12.7. The van der Waals surface area contributed by atoms with Crippen LogP contribution in [0.15, 0.2) is 6.20 Å². The number of hydrogen-bond acceptors (Lipinski definition) is 3. The van der Waals surface area contributed by atoms with E-state index < -0.39 is 30.6 Å². The standard InChI is InChI=1S/C9H13F3N2O2/c1-8(2,5-16)14-7(9(10,11)12)6(4-15)3-13-14/h3,15-16H,4-5H2,1-2H3. The summed E-state index contributed by atoms with van der Waals surface area (Å²) in [7, 11) is 0. The number of rotatable bonds is 3. The predicted octanol–water partition coefficient (Wildman–Crippen LogP) is 1.12. The lowest BCUT2D eigenvalue weighted by Crippen LogP contribution is -2.35. The third kappa shape index (κ3) is 2.19. The fourth-order valence-corrected chi connectivity index (χ4v) is 1.33. The molecule has 4 nitrogen and oxygen atoms in total. The number of aromatic nitrogens is 2. The number of halogens is 3. The van der Waals surface area contributed by atoms with Gasteiger partial charge in [-0.15, -0.1) is 0 Å². The lowest BCUT2D eigenvalue weighted by molar-refractivity contribution is -0.148. The predicted molar refractivity (Wildman–Crippen MR) is 49.6 cm³/mol. The quantitative estimate of drug-likeness (QED) is 0.829. The van der Waals surface area contributed by atoms with Gasteiger partial charge in [0.25, 0.3) is 0 Å². The minimum absolute atomic E-state index is 0.297. The van der Waals surface area contributed by atoms with Crippen LogP contribution in [0.25, 0.3) is 0 Å². The molecule has 0 aliphatic heterocycles. The third-order valence-corrected chi connectivity index (χ3v) is 2.24. The molecule has 0 atom stereocenters. The molecule has 0 aliphatic carbocycles. The lowest BCUT2D eigenvalue weighted by Gasteiger charge is -2.26. The second-order valence-electron chi connectivity index (χ2n) is 4.06. The van der Waals surface area contributed by atoms with Crippen molar-refractivity contribution in [1.82, 2.24) is 9.78 Å². The summed E-state index contributed by atoms with van der Waals surface area (Å²) in [6.07, 6.45) is -3.65. The zero-order valence-corrected chi connectivity index (χ0v) is 8.91. The first kappa shape index (κ1) is 13.0. The van der Waals surface area contributed by atoms with E-state index >= 15 is 0 Å². The van der Waals surface area contributed by atoms with Crippen LogP contribution in [0.5, 0.6) is 0 Å². The van der Waals surface area contributed by atoms with Gasteiger partial charge in [-0.3, -0.25) is 4.68 Å². The van der Waals surface area contributed by atoms with E-state index in [0.717, 1.165) is 6.20 Å². The van der Waals surface area contributed by atoms with E-state index in [1.54, 1.807) is 0 Å². The Morgan fingerprint density at radius 1 is 1.31 bits per heavy atom. The average Bonchev–Trinajstić information content (AvgIpc) is 2.61. The van der Waals surface area contributed by atoms with Crippen molar-refractivity contribution >= 4 is 0 Å². The maximum Gasteiger partial charge on any atom is 0.433 e. The molecule has 1 rings (SSSR count). The molecule has 0 spiro atoms. The smallest absolute Gasteiger partial charge is 0.394 e. The monoisotopic (exact) mass is 238 g/mol. The van der Waals surface area contributed by atoms with E-state index in [-0.39, 0.29) is 5.56 Å². The summed E-state index contributed by atoms with van der Waals surface area (Å²) in [4.78, 5) is 0. The van der Waals surface area contributed by atoms with Crippen molar-refractivity contribution < 1.29 is 23.4 Å². The average molecular weight is 238 g/mol. The van der Waals surface area contributed by atoms with E-state index in [0.29, 0.717) is 4.68 Å². The van der Waals surface area contributed by atoms with Gasteiger partial charge in [0.2, 0.25) is 0 Å². The van der Waals surface area contributed by atoms with Gasteiger partial charge in [0, 0.05) is 5.56 Å². The van der Waals surface area contributed by atoms with Crippen LogP contribution in [-0.4, -0.2) is 26.6 Å². The Morgan fingerprint density at radius 3 is 2.25 bits per heavy atom. The van der Waals surface area contributed by atoms with Crippen LogP contribution < -0.4 is 0 Å². The third-order valence-electron chi connectivity index (χ3n) is 2.24. The number of aliphatic hydroxyl groups excluding tert-OH is 2. The minimum Gasteiger partial charge on any atom is -0.394 e. The molecule has 16 heavy (non-hydrogen) atoms. The molecule has 0 bridgehead atoms. The maximum atomic E-state index is 12.7. The van der Waals surface area contributed by atoms with Crippen molar-refractivity contribution in [2.24, 2.45) is 0 Å². The van der Waals surface area contributed by atoms with Crippen LogP contribution in [0.3, 0.4) is 0 Å². The topological polar surface area (TPSA) is 58.3 Å². The molecule has 1 heterocycles. The normalized spacial score (nSPS) is 13.2. The molecular formula is C9H13F3N2O2. The molecule has 0 aromatic carbocycles. The van der Waals surface area contributed by atoms with Crippen molar-refractivity contribution in [1.29, 1.82) is 0 Å². The van der Waals surface area contributed by atoms with Gasteiger partial charge in [-0.25, -0.2) is 0 Å². The molecule has 0 saturated heterocycles. The van der Waals surface area contributed by atoms with Crippen LogP contribution in [0, 0.1) is 0 Å².